The van der Waals surface area contributed by atoms with Gasteiger partial charge in [-0.15, -0.1) is 0 Å². The zero-order chi connectivity index (χ0) is 14.0. The summed E-state index contributed by atoms with van der Waals surface area (Å²) >= 11 is 0. The summed E-state index contributed by atoms with van der Waals surface area (Å²) < 4.78 is 24.7. The predicted molar refractivity (Wildman–Crippen MR) is 73.4 cm³/mol. The van der Waals surface area contributed by atoms with Crippen molar-refractivity contribution in [2.45, 2.75) is 17.4 Å². The number of hydrogen-bond acceptors (Lipinski definition) is 4. The van der Waals surface area contributed by atoms with Gasteiger partial charge in [-0.05, 0) is 29.7 Å². The minimum atomic E-state index is -3.20. The number of aromatic nitrogens is 2. The molecule has 0 aliphatic rings. The number of rotatable bonds is 4. The molecule has 0 aliphatic carbocycles. The second kappa shape index (κ2) is 5.14. The molecule has 2 aromatic rings. The lowest BCUT2D eigenvalue weighted by molar-refractivity contribution is 0.601. The first-order chi connectivity index (χ1) is 8.86. The van der Waals surface area contributed by atoms with Crippen LogP contribution in [0.4, 0.5) is 0 Å². The molecule has 1 heterocycles. The monoisotopic (exact) mass is 279 g/mol. The Morgan fingerprint density at radius 3 is 2.74 bits per heavy atom. The molecule has 0 fully saturated rings. The van der Waals surface area contributed by atoms with Crippen molar-refractivity contribution in [3.05, 3.63) is 47.8 Å². The highest BCUT2D eigenvalue weighted by Gasteiger charge is 2.12. The number of sulfone groups is 1. The lowest BCUT2D eigenvalue weighted by Gasteiger charge is -2.11. The Morgan fingerprint density at radius 2 is 2.16 bits per heavy atom. The predicted octanol–water partition coefficient (Wildman–Crippen LogP) is 1.07. The fraction of sp³-hybridized carbons (Fsp3) is 0.308. The summed E-state index contributed by atoms with van der Waals surface area (Å²) in [6.45, 7) is 0. The fourth-order valence-corrected chi connectivity index (χ4v) is 2.60. The van der Waals surface area contributed by atoms with Crippen LogP contribution < -0.4 is 5.73 Å². The van der Waals surface area contributed by atoms with Gasteiger partial charge in [-0.2, -0.15) is 5.10 Å². The molecule has 0 radical (unpaired) electrons. The SMILES string of the molecule is Cn1cc(CC(N)c2cccc(S(C)(=O)=O)c2)cn1. The Bertz CT molecular complexity index is 677. The summed E-state index contributed by atoms with van der Waals surface area (Å²) in [6, 6.07) is 6.53. The van der Waals surface area contributed by atoms with Crippen molar-refractivity contribution in [3.8, 4) is 0 Å². The van der Waals surface area contributed by atoms with Gasteiger partial charge in [-0.3, -0.25) is 4.68 Å². The summed E-state index contributed by atoms with van der Waals surface area (Å²) in [5.74, 6) is 0. The van der Waals surface area contributed by atoms with Crippen LogP contribution in [-0.2, 0) is 23.3 Å². The third-order valence-electron chi connectivity index (χ3n) is 2.93. The average Bonchev–Trinajstić information content (AvgIpc) is 2.74. The molecule has 2 rings (SSSR count). The van der Waals surface area contributed by atoms with E-state index in [0.29, 0.717) is 11.3 Å². The standard InChI is InChI=1S/C13H17N3O2S/c1-16-9-10(8-15-16)6-13(14)11-4-3-5-12(7-11)19(2,17)18/h3-5,7-9,13H,6,14H2,1-2H3. The van der Waals surface area contributed by atoms with Crippen LogP contribution in [-0.4, -0.2) is 24.5 Å². The number of nitrogens with two attached hydrogens (primary N) is 1. The number of hydrogen-bond donors (Lipinski definition) is 1. The molecule has 0 saturated heterocycles. The molecule has 5 nitrogen and oxygen atoms in total. The first kappa shape index (κ1) is 13.8. The molecule has 6 heteroatoms. The molecular weight excluding hydrogens is 262 g/mol. The van der Waals surface area contributed by atoms with Crippen LogP contribution in [0.2, 0.25) is 0 Å². The average molecular weight is 279 g/mol. The first-order valence-corrected chi connectivity index (χ1v) is 7.78. The molecule has 19 heavy (non-hydrogen) atoms. The van der Waals surface area contributed by atoms with Crippen molar-refractivity contribution in [2.75, 3.05) is 6.26 Å². The van der Waals surface area contributed by atoms with Crippen LogP contribution >= 0.6 is 0 Å². The Labute approximate surface area is 113 Å². The van der Waals surface area contributed by atoms with Crippen LogP contribution in [0.5, 0.6) is 0 Å². The summed E-state index contributed by atoms with van der Waals surface area (Å²) in [4.78, 5) is 0.298. The molecule has 0 saturated carbocycles. The largest absolute Gasteiger partial charge is 0.324 e. The van der Waals surface area contributed by atoms with Crippen molar-refractivity contribution < 1.29 is 8.42 Å². The normalized spacial score (nSPS) is 13.4. The van der Waals surface area contributed by atoms with Crippen molar-refractivity contribution in [1.82, 2.24) is 9.78 Å². The third kappa shape index (κ3) is 3.42. The Hall–Kier alpha value is -1.66. The van der Waals surface area contributed by atoms with E-state index in [-0.39, 0.29) is 6.04 Å². The Morgan fingerprint density at radius 1 is 1.42 bits per heavy atom. The summed E-state index contributed by atoms with van der Waals surface area (Å²) in [7, 11) is -1.35. The Kier molecular flexibility index (Phi) is 3.73. The number of nitrogens with zero attached hydrogens (tertiary/aromatic N) is 2. The van der Waals surface area contributed by atoms with Crippen LogP contribution in [0.25, 0.3) is 0 Å². The molecule has 1 aromatic carbocycles. The van der Waals surface area contributed by atoms with Gasteiger partial charge < -0.3 is 5.73 Å². The van der Waals surface area contributed by atoms with E-state index in [1.54, 1.807) is 29.1 Å². The summed E-state index contributed by atoms with van der Waals surface area (Å²) in [6.07, 6.45) is 5.49. The van der Waals surface area contributed by atoms with Gasteiger partial charge in [0.1, 0.15) is 0 Å². The lowest BCUT2D eigenvalue weighted by atomic mass is 10.0. The molecule has 2 N–H and O–H groups in total. The van der Waals surface area contributed by atoms with Gasteiger partial charge in [0.2, 0.25) is 0 Å². The zero-order valence-corrected chi connectivity index (χ0v) is 11.8. The van der Waals surface area contributed by atoms with Gasteiger partial charge in [0.25, 0.3) is 0 Å². The van der Waals surface area contributed by atoms with E-state index in [2.05, 4.69) is 5.10 Å². The molecule has 1 unspecified atom stereocenters. The van der Waals surface area contributed by atoms with Crippen LogP contribution in [0, 0.1) is 0 Å². The quantitative estimate of drug-likeness (QED) is 0.908. The molecule has 0 bridgehead atoms. The minimum Gasteiger partial charge on any atom is -0.324 e. The van der Waals surface area contributed by atoms with E-state index < -0.39 is 9.84 Å². The topological polar surface area (TPSA) is 78.0 Å². The lowest BCUT2D eigenvalue weighted by Crippen LogP contribution is -2.13. The molecule has 0 spiro atoms. The second-order valence-electron chi connectivity index (χ2n) is 4.68. The maximum Gasteiger partial charge on any atom is 0.175 e. The smallest absolute Gasteiger partial charge is 0.175 e. The maximum absolute atomic E-state index is 11.5. The fourth-order valence-electron chi connectivity index (χ4n) is 1.92. The van der Waals surface area contributed by atoms with E-state index >= 15 is 0 Å². The number of aryl methyl sites for hydroxylation is 1. The van der Waals surface area contributed by atoms with Gasteiger partial charge in [-0.1, -0.05) is 12.1 Å². The highest BCUT2D eigenvalue weighted by molar-refractivity contribution is 7.90. The van der Waals surface area contributed by atoms with E-state index in [9.17, 15) is 8.42 Å². The maximum atomic E-state index is 11.5. The van der Waals surface area contributed by atoms with E-state index in [1.807, 2.05) is 19.3 Å². The highest BCUT2D eigenvalue weighted by Crippen LogP contribution is 2.19. The van der Waals surface area contributed by atoms with Gasteiger partial charge in [-0.25, -0.2) is 8.42 Å². The zero-order valence-electron chi connectivity index (χ0n) is 10.9. The third-order valence-corrected chi connectivity index (χ3v) is 4.04. The van der Waals surface area contributed by atoms with Gasteiger partial charge in [0, 0.05) is 25.5 Å². The van der Waals surface area contributed by atoms with E-state index in [4.69, 9.17) is 5.73 Å². The molecule has 1 atom stereocenters. The second-order valence-corrected chi connectivity index (χ2v) is 6.69. The van der Waals surface area contributed by atoms with E-state index in [0.717, 1.165) is 11.1 Å². The van der Waals surface area contributed by atoms with Gasteiger partial charge in [0.15, 0.2) is 9.84 Å². The Balaban J connectivity index is 2.22. The molecule has 0 amide bonds. The number of benzene rings is 1. The van der Waals surface area contributed by atoms with Crippen molar-refractivity contribution in [2.24, 2.45) is 12.8 Å². The van der Waals surface area contributed by atoms with Crippen LogP contribution in [0.3, 0.4) is 0 Å². The van der Waals surface area contributed by atoms with E-state index in [1.165, 1.54) is 6.26 Å². The minimum absolute atomic E-state index is 0.245. The van der Waals surface area contributed by atoms with Crippen molar-refractivity contribution >= 4 is 9.84 Å². The molecular formula is C13H17N3O2S. The summed E-state index contributed by atoms with van der Waals surface area (Å²) in [5.41, 5.74) is 7.96. The van der Waals surface area contributed by atoms with Gasteiger partial charge >= 0.3 is 0 Å². The van der Waals surface area contributed by atoms with Crippen molar-refractivity contribution in [3.63, 3.8) is 0 Å². The molecule has 1 aromatic heterocycles. The molecule has 102 valence electrons. The van der Waals surface area contributed by atoms with Crippen LogP contribution in [0.15, 0.2) is 41.6 Å². The van der Waals surface area contributed by atoms with Gasteiger partial charge in [0.05, 0.1) is 11.1 Å². The summed E-state index contributed by atoms with van der Waals surface area (Å²) in [5, 5.41) is 4.09. The van der Waals surface area contributed by atoms with Crippen LogP contribution in [0.1, 0.15) is 17.2 Å². The first-order valence-electron chi connectivity index (χ1n) is 5.89. The molecule has 0 aliphatic heterocycles. The highest BCUT2D eigenvalue weighted by atomic mass is 32.2. The van der Waals surface area contributed by atoms with Crippen molar-refractivity contribution in [1.29, 1.82) is 0 Å².